The van der Waals surface area contributed by atoms with Gasteiger partial charge in [0.25, 0.3) is 0 Å². The van der Waals surface area contributed by atoms with Crippen LogP contribution in [0.5, 0.6) is 0 Å². The van der Waals surface area contributed by atoms with Crippen molar-refractivity contribution in [3.05, 3.63) is 28.7 Å². The van der Waals surface area contributed by atoms with E-state index < -0.39 is 0 Å². The van der Waals surface area contributed by atoms with Crippen molar-refractivity contribution in [2.24, 2.45) is 5.92 Å². The Bertz CT molecular complexity index is 538. The summed E-state index contributed by atoms with van der Waals surface area (Å²) in [5.74, 6) is 1.94. The summed E-state index contributed by atoms with van der Waals surface area (Å²) in [5, 5.41) is 11.6. The van der Waals surface area contributed by atoms with Gasteiger partial charge < -0.3 is 9.47 Å². The zero-order valence-corrected chi connectivity index (χ0v) is 14.1. The smallest absolute Gasteiger partial charge is 0.191 e. The first-order valence-electron chi connectivity index (χ1n) is 7.53. The summed E-state index contributed by atoms with van der Waals surface area (Å²) in [6, 6.07) is 4.31. The predicted molar refractivity (Wildman–Crippen MR) is 89.0 cm³/mol. The fraction of sp³-hybridized carbons (Fsp3) is 0.600. The zero-order chi connectivity index (χ0) is 14.5. The second-order valence-corrected chi connectivity index (χ2v) is 7.74. The van der Waals surface area contributed by atoms with Crippen molar-refractivity contribution in [3.8, 4) is 0 Å². The number of thiophene rings is 1. The van der Waals surface area contributed by atoms with Gasteiger partial charge in [-0.05, 0) is 50.2 Å². The van der Waals surface area contributed by atoms with E-state index in [9.17, 15) is 0 Å². The van der Waals surface area contributed by atoms with Gasteiger partial charge in [0.15, 0.2) is 5.16 Å². The van der Waals surface area contributed by atoms with Crippen LogP contribution < -0.4 is 0 Å². The molecule has 0 aliphatic carbocycles. The van der Waals surface area contributed by atoms with Crippen molar-refractivity contribution < 1.29 is 0 Å². The van der Waals surface area contributed by atoms with E-state index in [-0.39, 0.29) is 0 Å². The monoisotopic (exact) mass is 322 g/mol. The molecular weight excluding hydrogens is 300 g/mol. The van der Waals surface area contributed by atoms with Crippen molar-refractivity contribution in [1.29, 1.82) is 0 Å². The maximum Gasteiger partial charge on any atom is 0.191 e. The van der Waals surface area contributed by atoms with Crippen LogP contribution in [0, 0.1) is 5.92 Å². The normalized spacial score (nSPS) is 20.0. The van der Waals surface area contributed by atoms with Crippen LogP contribution in [0.4, 0.5) is 0 Å². The predicted octanol–water partition coefficient (Wildman–Crippen LogP) is 3.02. The molecule has 0 aromatic carbocycles. The number of hydrogen-bond acceptors (Lipinski definition) is 5. The summed E-state index contributed by atoms with van der Waals surface area (Å²) in [5.41, 5.74) is 0. The van der Waals surface area contributed by atoms with E-state index in [0.29, 0.717) is 0 Å². The molecule has 4 nitrogen and oxygen atoms in total. The third-order valence-electron chi connectivity index (χ3n) is 3.93. The third kappa shape index (κ3) is 4.31. The molecule has 1 aliphatic rings. The Balaban J connectivity index is 1.50. The van der Waals surface area contributed by atoms with Gasteiger partial charge in [0, 0.05) is 23.7 Å². The Morgan fingerprint density at radius 3 is 3.24 bits per heavy atom. The highest BCUT2D eigenvalue weighted by atomic mass is 32.2. The molecule has 0 saturated carbocycles. The summed E-state index contributed by atoms with van der Waals surface area (Å²) in [6.07, 6.45) is 5.60. The fourth-order valence-corrected chi connectivity index (χ4v) is 4.56. The van der Waals surface area contributed by atoms with Gasteiger partial charge in [-0.25, -0.2) is 0 Å². The summed E-state index contributed by atoms with van der Waals surface area (Å²) < 4.78 is 2.19. The lowest BCUT2D eigenvalue weighted by Crippen LogP contribution is -2.33. The Morgan fingerprint density at radius 2 is 2.43 bits per heavy atom. The molecule has 2 aromatic heterocycles. The largest absolute Gasteiger partial charge is 0.308 e. The Morgan fingerprint density at radius 1 is 1.48 bits per heavy atom. The quantitative estimate of drug-likeness (QED) is 0.766. The van der Waals surface area contributed by atoms with Gasteiger partial charge in [0.05, 0.1) is 0 Å². The van der Waals surface area contributed by atoms with E-state index in [1.54, 1.807) is 0 Å². The minimum atomic E-state index is 0.788. The van der Waals surface area contributed by atoms with Crippen LogP contribution in [0.3, 0.4) is 0 Å². The van der Waals surface area contributed by atoms with E-state index in [0.717, 1.165) is 29.8 Å². The SMILES string of the molecule is CN1CCC[C@H](CSc2nncn2CCc2cccs2)C1. The second-order valence-electron chi connectivity index (χ2n) is 5.72. The van der Waals surface area contributed by atoms with Crippen LogP contribution in [0.15, 0.2) is 29.0 Å². The number of thioether (sulfide) groups is 1. The van der Waals surface area contributed by atoms with Gasteiger partial charge in [-0.2, -0.15) is 0 Å². The maximum atomic E-state index is 4.29. The first-order chi connectivity index (χ1) is 10.3. The molecule has 114 valence electrons. The molecule has 0 spiro atoms. The van der Waals surface area contributed by atoms with E-state index in [1.807, 2.05) is 29.4 Å². The minimum absolute atomic E-state index is 0.788. The standard InChI is InChI=1S/C15H22N4S2/c1-18-7-2-4-13(10-18)11-21-15-17-16-12-19(15)8-6-14-5-3-9-20-14/h3,5,9,12-13H,2,4,6-8,10-11H2,1H3/t13-/m0/s1. The van der Waals surface area contributed by atoms with Crippen molar-refractivity contribution in [2.45, 2.75) is 31.0 Å². The molecule has 0 bridgehead atoms. The van der Waals surface area contributed by atoms with Crippen molar-refractivity contribution in [3.63, 3.8) is 0 Å². The molecule has 1 atom stereocenters. The summed E-state index contributed by atoms with van der Waals surface area (Å²) in [4.78, 5) is 3.87. The van der Waals surface area contributed by atoms with Crippen molar-refractivity contribution in [1.82, 2.24) is 19.7 Å². The topological polar surface area (TPSA) is 34.0 Å². The lowest BCUT2D eigenvalue weighted by molar-refractivity contribution is 0.224. The molecule has 6 heteroatoms. The number of nitrogens with zero attached hydrogens (tertiary/aromatic N) is 4. The highest BCUT2D eigenvalue weighted by Gasteiger charge is 2.18. The zero-order valence-electron chi connectivity index (χ0n) is 12.4. The van der Waals surface area contributed by atoms with Gasteiger partial charge in [-0.1, -0.05) is 17.8 Å². The molecule has 0 amide bonds. The first kappa shape index (κ1) is 15.1. The third-order valence-corrected chi connectivity index (χ3v) is 6.08. The molecule has 1 aliphatic heterocycles. The first-order valence-corrected chi connectivity index (χ1v) is 9.39. The summed E-state index contributed by atoms with van der Waals surface area (Å²) >= 11 is 3.69. The second kappa shape index (κ2) is 7.42. The van der Waals surface area contributed by atoms with E-state index in [2.05, 4.69) is 44.2 Å². The molecule has 3 heterocycles. The molecule has 1 fully saturated rings. The molecule has 0 radical (unpaired) electrons. The lowest BCUT2D eigenvalue weighted by Gasteiger charge is -2.29. The highest BCUT2D eigenvalue weighted by Crippen LogP contribution is 2.24. The Kier molecular flexibility index (Phi) is 5.32. The van der Waals surface area contributed by atoms with Crippen LogP contribution in [0.1, 0.15) is 17.7 Å². The van der Waals surface area contributed by atoms with Gasteiger partial charge in [0.2, 0.25) is 0 Å². The molecule has 1 saturated heterocycles. The van der Waals surface area contributed by atoms with Gasteiger partial charge in [0.1, 0.15) is 6.33 Å². The Hall–Kier alpha value is -0.850. The van der Waals surface area contributed by atoms with E-state index in [4.69, 9.17) is 0 Å². The van der Waals surface area contributed by atoms with Gasteiger partial charge in [-0.15, -0.1) is 21.5 Å². The van der Waals surface area contributed by atoms with E-state index >= 15 is 0 Å². The number of aryl methyl sites for hydroxylation is 2. The van der Waals surface area contributed by atoms with E-state index in [1.165, 1.54) is 30.8 Å². The molecule has 0 N–H and O–H groups in total. The van der Waals surface area contributed by atoms with Gasteiger partial charge >= 0.3 is 0 Å². The van der Waals surface area contributed by atoms with Crippen molar-refractivity contribution in [2.75, 3.05) is 25.9 Å². The molecular formula is C15H22N4S2. The lowest BCUT2D eigenvalue weighted by atomic mass is 10.0. The molecule has 2 aromatic rings. The van der Waals surface area contributed by atoms with Crippen molar-refractivity contribution >= 4 is 23.1 Å². The maximum absolute atomic E-state index is 4.29. The Labute approximate surface area is 134 Å². The molecule has 21 heavy (non-hydrogen) atoms. The molecule has 3 rings (SSSR count). The summed E-state index contributed by atoms with van der Waals surface area (Å²) in [7, 11) is 2.22. The molecule has 0 unspecified atom stereocenters. The average molecular weight is 323 g/mol. The fourth-order valence-electron chi connectivity index (χ4n) is 2.80. The summed E-state index contributed by atoms with van der Waals surface area (Å²) in [6.45, 7) is 3.44. The van der Waals surface area contributed by atoms with Crippen LogP contribution in [0.25, 0.3) is 0 Å². The number of aromatic nitrogens is 3. The van der Waals surface area contributed by atoms with Crippen LogP contribution >= 0.6 is 23.1 Å². The average Bonchev–Trinajstić information content (AvgIpc) is 3.14. The number of hydrogen-bond donors (Lipinski definition) is 0. The van der Waals surface area contributed by atoms with Gasteiger partial charge in [-0.3, -0.25) is 0 Å². The number of likely N-dealkylation sites (tertiary alicyclic amines) is 1. The van der Waals surface area contributed by atoms with Crippen LogP contribution in [-0.2, 0) is 13.0 Å². The van der Waals surface area contributed by atoms with Crippen LogP contribution in [0.2, 0.25) is 0 Å². The van der Waals surface area contributed by atoms with Crippen LogP contribution in [-0.4, -0.2) is 45.6 Å². The highest BCUT2D eigenvalue weighted by molar-refractivity contribution is 7.99. The number of rotatable bonds is 6. The minimum Gasteiger partial charge on any atom is -0.308 e. The number of piperidine rings is 1.